The minimum Gasteiger partial charge on any atom is -0.478 e. The van der Waals surface area contributed by atoms with Crippen LogP contribution in [0, 0.1) is 0 Å². The fourth-order valence-electron chi connectivity index (χ4n) is 1.17. The lowest BCUT2D eigenvalue weighted by atomic mass is 10.2. The van der Waals surface area contributed by atoms with Crippen molar-refractivity contribution in [3.8, 4) is 0 Å². The molecule has 0 aliphatic heterocycles. The molecule has 6 nitrogen and oxygen atoms in total. The fraction of sp³-hybridized carbons (Fsp3) is 0.111. The SMILES string of the molecule is O=C(O)c1ccc(S(=O)(=O)F)c(NC(=O)C(F)(F)F)c1. The molecule has 1 aromatic carbocycles. The maximum Gasteiger partial charge on any atom is 0.471 e. The second kappa shape index (κ2) is 5.07. The van der Waals surface area contributed by atoms with Crippen molar-refractivity contribution in [3.05, 3.63) is 23.8 Å². The van der Waals surface area contributed by atoms with E-state index in [0.29, 0.717) is 18.2 Å². The van der Waals surface area contributed by atoms with E-state index in [0.717, 1.165) is 5.32 Å². The molecule has 0 fully saturated rings. The van der Waals surface area contributed by atoms with E-state index in [9.17, 15) is 35.1 Å². The molecule has 0 aliphatic rings. The maximum absolute atomic E-state index is 12.9. The van der Waals surface area contributed by atoms with Gasteiger partial charge in [-0.25, -0.2) is 4.79 Å². The van der Waals surface area contributed by atoms with Crippen LogP contribution in [-0.2, 0) is 15.0 Å². The van der Waals surface area contributed by atoms with E-state index in [2.05, 4.69) is 0 Å². The number of amides is 1. The summed E-state index contributed by atoms with van der Waals surface area (Å²) in [5.74, 6) is -4.17. The van der Waals surface area contributed by atoms with Crippen LogP contribution in [0.4, 0.5) is 22.7 Å². The zero-order chi connectivity index (χ0) is 15.7. The third kappa shape index (κ3) is 3.66. The molecule has 1 amide bonds. The molecule has 0 bridgehead atoms. The molecule has 110 valence electrons. The Hall–Kier alpha value is -2.17. The molecular formula is C9H5F4NO5S. The predicted molar refractivity (Wildman–Crippen MR) is 56.4 cm³/mol. The average molecular weight is 315 g/mol. The van der Waals surface area contributed by atoms with Crippen molar-refractivity contribution in [2.75, 3.05) is 5.32 Å². The summed E-state index contributed by atoms with van der Waals surface area (Å²) >= 11 is 0. The molecular weight excluding hydrogens is 310 g/mol. The Morgan fingerprint density at radius 2 is 1.75 bits per heavy atom. The van der Waals surface area contributed by atoms with Crippen LogP contribution in [0.2, 0.25) is 0 Å². The largest absolute Gasteiger partial charge is 0.478 e. The van der Waals surface area contributed by atoms with Crippen molar-refractivity contribution in [3.63, 3.8) is 0 Å². The molecule has 2 N–H and O–H groups in total. The van der Waals surface area contributed by atoms with Gasteiger partial charge < -0.3 is 10.4 Å². The predicted octanol–water partition coefficient (Wildman–Crippen LogP) is 1.54. The minimum absolute atomic E-state index is 0.401. The van der Waals surface area contributed by atoms with Gasteiger partial charge in [0.05, 0.1) is 11.3 Å². The number of alkyl halides is 3. The lowest BCUT2D eigenvalue weighted by Gasteiger charge is -2.11. The number of carboxylic acids is 1. The minimum atomic E-state index is -5.44. The van der Waals surface area contributed by atoms with Crippen LogP contribution in [0.1, 0.15) is 10.4 Å². The van der Waals surface area contributed by atoms with Gasteiger partial charge in [-0.05, 0) is 18.2 Å². The van der Waals surface area contributed by atoms with E-state index in [4.69, 9.17) is 5.11 Å². The monoisotopic (exact) mass is 315 g/mol. The van der Waals surface area contributed by atoms with Gasteiger partial charge in [-0.15, -0.1) is 3.89 Å². The molecule has 1 aromatic rings. The highest BCUT2D eigenvalue weighted by atomic mass is 32.3. The number of halogens is 4. The molecule has 0 unspecified atom stereocenters. The molecule has 1 rings (SSSR count). The summed E-state index contributed by atoms with van der Waals surface area (Å²) < 4.78 is 70.4. The topological polar surface area (TPSA) is 101 Å². The first-order valence-electron chi connectivity index (χ1n) is 4.63. The van der Waals surface area contributed by atoms with Gasteiger partial charge in [-0.3, -0.25) is 4.79 Å². The Balaban J connectivity index is 3.37. The highest BCUT2D eigenvalue weighted by Gasteiger charge is 2.39. The van der Waals surface area contributed by atoms with E-state index >= 15 is 0 Å². The van der Waals surface area contributed by atoms with Crippen LogP contribution in [0.15, 0.2) is 23.1 Å². The van der Waals surface area contributed by atoms with Crippen LogP contribution in [0.5, 0.6) is 0 Å². The van der Waals surface area contributed by atoms with Gasteiger partial charge in [0, 0.05) is 0 Å². The maximum atomic E-state index is 12.9. The first-order valence-corrected chi connectivity index (χ1v) is 6.01. The molecule has 0 aliphatic carbocycles. The zero-order valence-corrected chi connectivity index (χ0v) is 10.0. The Labute approximate surface area is 109 Å². The van der Waals surface area contributed by atoms with E-state index in [1.54, 1.807) is 0 Å². The summed E-state index contributed by atoms with van der Waals surface area (Å²) in [4.78, 5) is 20.0. The van der Waals surface area contributed by atoms with Gasteiger partial charge in [0.1, 0.15) is 4.90 Å². The Morgan fingerprint density at radius 1 is 1.20 bits per heavy atom. The molecule has 0 spiro atoms. The third-order valence-corrected chi connectivity index (χ3v) is 2.88. The Morgan fingerprint density at radius 3 is 2.15 bits per heavy atom. The lowest BCUT2D eigenvalue weighted by molar-refractivity contribution is -0.167. The second-order valence-electron chi connectivity index (χ2n) is 3.41. The van der Waals surface area contributed by atoms with Gasteiger partial charge in [0.25, 0.3) is 0 Å². The van der Waals surface area contributed by atoms with Crippen molar-refractivity contribution in [2.45, 2.75) is 11.1 Å². The van der Waals surface area contributed by atoms with E-state index in [-0.39, 0.29) is 0 Å². The van der Waals surface area contributed by atoms with Crippen LogP contribution in [0.25, 0.3) is 0 Å². The highest BCUT2D eigenvalue weighted by Crippen LogP contribution is 2.27. The third-order valence-electron chi connectivity index (χ3n) is 1.99. The molecule has 0 aromatic heterocycles. The first kappa shape index (κ1) is 15.9. The molecule has 0 heterocycles. The number of anilines is 1. The molecule has 0 radical (unpaired) electrons. The van der Waals surface area contributed by atoms with Gasteiger partial charge in [0.15, 0.2) is 0 Å². The van der Waals surface area contributed by atoms with Gasteiger partial charge in [0.2, 0.25) is 0 Å². The van der Waals surface area contributed by atoms with Crippen LogP contribution < -0.4 is 5.32 Å². The summed E-state index contributed by atoms with van der Waals surface area (Å²) in [6, 6.07) is 1.50. The van der Waals surface area contributed by atoms with Crippen molar-refractivity contribution < 1.29 is 40.2 Å². The number of carboxylic acid groups (broad SMARTS) is 1. The number of benzene rings is 1. The summed E-state index contributed by atoms with van der Waals surface area (Å²) in [5.41, 5.74) is -1.75. The Kier molecular flexibility index (Phi) is 4.03. The standard InChI is InChI=1S/C9H5F4NO5S/c10-9(11,12)8(17)14-5-3-4(7(15)16)1-2-6(5)20(13,18)19/h1-3H,(H,14,17)(H,15,16). The van der Waals surface area contributed by atoms with E-state index in [1.807, 2.05) is 0 Å². The zero-order valence-electron chi connectivity index (χ0n) is 9.23. The first-order chi connectivity index (χ1) is 8.93. The summed E-state index contributed by atoms with van der Waals surface area (Å²) in [7, 11) is -5.44. The second-order valence-corrected chi connectivity index (χ2v) is 4.72. The highest BCUT2D eigenvalue weighted by molar-refractivity contribution is 7.86. The average Bonchev–Trinajstić information content (AvgIpc) is 2.25. The van der Waals surface area contributed by atoms with E-state index in [1.165, 1.54) is 0 Å². The van der Waals surface area contributed by atoms with Crippen LogP contribution >= 0.6 is 0 Å². The van der Waals surface area contributed by atoms with Crippen LogP contribution in [0.3, 0.4) is 0 Å². The molecule has 0 atom stereocenters. The van der Waals surface area contributed by atoms with Gasteiger partial charge in [-0.1, -0.05) is 0 Å². The number of carbonyl (C=O) groups excluding carboxylic acids is 1. The van der Waals surface area contributed by atoms with Gasteiger partial charge >= 0.3 is 28.3 Å². The molecule has 0 saturated heterocycles. The number of rotatable bonds is 3. The van der Waals surface area contributed by atoms with Crippen molar-refractivity contribution in [2.24, 2.45) is 0 Å². The molecule has 0 saturated carbocycles. The Bertz CT molecular complexity index is 667. The summed E-state index contributed by atoms with van der Waals surface area (Å²) in [5, 5.41) is 9.72. The summed E-state index contributed by atoms with van der Waals surface area (Å²) in [6.45, 7) is 0. The smallest absolute Gasteiger partial charge is 0.471 e. The molecule has 11 heteroatoms. The van der Waals surface area contributed by atoms with Crippen molar-refractivity contribution in [1.29, 1.82) is 0 Å². The van der Waals surface area contributed by atoms with Crippen LogP contribution in [-0.4, -0.2) is 31.6 Å². The number of nitrogens with one attached hydrogen (secondary N) is 1. The fourth-order valence-corrected chi connectivity index (χ4v) is 1.77. The number of carbonyl (C=O) groups is 2. The summed E-state index contributed by atoms with van der Waals surface area (Å²) in [6.07, 6.45) is -5.35. The lowest BCUT2D eigenvalue weighted by Crippen LogP contribution is -2.30. The number of hydrogen-bond acceptors (Lipinski definition) is 4. The normalized spacial score (nSPS) is 12.0. The van der Waals surface area contributed by atoms with E-state index < -0.39 is 44.4 Å². The number of hydrogen-bond donors (Lipinski definition) is 2. The molecule has 20 heavy (non-hydrogen) atoms. The number of aromatic carboxylic acids is 1. The van der Waals surface area contributed by atoms with Crippen molar-refractivity contribution in [1.82, 2.24) is 0 Å². The quantitative estimate of drug-likeness (QED) is 0.651. The van der Waals surface area contributed by atoms with Gasteiger partial charge in [-0.2, -0.15) is 21.6 Å². The van der Waals surface area contributed by atoms with Crippen molar-refractivity contribution >= 4 is 27.8 Å².